The number of nitrogens with zero attached hydrogens (tertiary/aromatic N) is 5. The number of β-amino-alcohol motifs (C(OH)–C–C–N with tert-alkyl or cyclic N) is 1. The van der Waals surface area contributed by atoms with Crippen LogP contribution in [-0.4, -0.2) is 45.5 Å². The Morgan fingerprint density at radius 2 is 2.00 bits per heavy atom. The number of nitriles is 1. The largest absolute Gasteiger partial charge is 0.372 e. The Balaban J connectivity index is 1.35. The van der Waals surface area contributed by atoms with Gasteiger partial charge in [0.05, 0.1) is 30.1 Å². The molecule has 1 fully saturated rings. The fourth-order valence-corrected chi connectivity index (χ4v) is 5.51. The zero-order valence-corrected chi connectivity index (χ0v) is 18.7. The third-order valence-corrected chi connectivity index (χ3v) is 7.26. The highest BCUT2D eigenvalue weighted by Crippen LogP contribution is 2.30. The summed E-state index contributed by atoms with van der Waals surface area (Å²) in [7, 11) is 0. The minimum atomic E-state index is -0.567. The second-order valence-electron chi connectivity index (χ2n) is 7.01. The number of aliphatic hydroxyl groups is 1. The number of hydrogen-bond donors (Lipinski definition) is 1. The zero-order valence-electron chi connectivity index (χ0n) is 15.7. The predicted molar refractivity (Wildman–Crippen MR) is 122 cm³/mol. The summed E-state index contributed by atoms with van der Waals surface area (Å²) < 4.78 is 6.88. The minimum absolute atomic E-state index is 0.405. The molecule has 150 valence electrons. The van der Waals surface area contributed by atoms with Crippen LogP contribution in [0.1, 0.15) is 11.1 Å². The Hall–Kier alpha value is -1.99. The number of aliphatic hydroxyl groups excluding tert-OH is 1. The van der Waals surface area contributed by atoms with Gasteiger partial charge in [-0.3, -0.25) is 4.90 Å². The number of rotatable bonds is 5. The van der Waals surface area contributed by atoms with Crippen LogP contribution in [0, 0.1) is 11.3 Å². The van der Waals surface area contributed by atoms with Gasteiger partial charge >= 0.3 is 0 Å². The van der Waals surface area contributed by atoms with E-state index in [0.29, 0.717) is 17.1 Å². The van der Waals surface area contributed by atoms with E-state index in [1.807, 2.05) is 59.6 Å². The van der Waals surface area contributed by atoms with Crippen LogP contribution >= 0.6 is 32.9 Å². The molecular formula is C21H21ClIN5O. The van der Waals surface area contributed by atoms with Crippen molar-refractivity contribution < 1.29 is 5.11 Å². The molecule has 0 spiro atoms. The maximum absolute atomic E-state index is 10.7. The van der Waals surface area contributed by atoms with Crippen molar-refractivity contribution in [2.75, 3.05) is 31.1 Å². The lowest BCUT2D eigenvalue weighted by Gasteiger charge is -2.40. The summed E-state index contributed by atoms with van der Waals surface area (Å²) >= 11 is 5.69. The van der Waals surface area contributed by atoms with Crippen LogP contribution in [0.15, 0.2) is 63.6 Å². The molecule has 0 radical (unpaired) electrons. The molecule has 0 amide bonds. The molecule has 8 heteroatoms. The van der Waals surface area contributed by atoms with Crippen LogP contribution < -0.4 is 4.90 Å². The smallest absolute Gasteiger partial charge is 0.139 e. The van der Waals surface area contributed by atoms with Gasteiger partial charge < -0.3 is 13.1 Å². The van der Waals surface area contributed by atoms with Crippen molar-refractivity contribution in [3.05, 3.63) is 76.6 Å². The Morgan fingerprint density at radius 1 is 1.17 bits per heavy atom. The van der Waals surface area contributed by atoms with Crippen LogP contribution in [-0.2, 0) is 6.54 Å². The van der Waals surface area contributed by atoms with Crippen molar-refractivity contribution in [2.24, 2.45) is 3.15 Å². The third-order valence-electron chi connectivity index (χ3n) is 5.01. The third kappa shape index (κ3) is 4.95. The molecule has 2 aliphatic heterocycles. The van der Waals surface area contributed by atoms with E-state index >= 15 is 0 Å². The van der Waals surface area contributed by atoms with Gasteiger partial charge in [0, 0.05) is 36.9 Å². The Kier molecular flexibility index (Phi) is 6.45. The molecule has 0 bridgehead atoms. The van der Waals surface area contributed by atoms with Gasteiger partial charge in [0.15, 0.2) is 0 Å². The van der Waals surface area contributed by atoms with Crippen molar-refractivity contribution >= 4 is 38.6 Å². The van der Waals surface area contributed by atoms with Gasteiger partial charge in [0.2, 0.25) is 0 Å². The van der Waals surface area contributed by atoms with Gasteiger partial charge in [0.25, 0.3) is 0 Å². The average molecular weight is 522 g/mol. The molecule has 1 unspecified atom stereocenters. The van der Waals surface area contributed by atoms with E-state index in [1.165, 1.54) is 11.3 Å². The molecule has 2 aromatic rings. The first kappa shape index (κ1) is 20.3. The van der Waals surface area contributed by atoms with Crippen LogP contribution in [0.3, 0.4) is 0 Å². The number of halogens is 2. The fraction of sp³-hybridized carbons (Fsp3) is 0.286. The molecule has 2 heterocycles. The maximum atomic E-state index is 10.7. The summed E-state index contributed by atoms with van der Waals surface area (Å²) in [4.78, 5) is 4.27. The molecule has 4 rings (SSSR count). The summed E-state index contributed by atoms with van der Waals surface area (Å²) in [5, 5.41) is 20.3. The standard InChI is InChI=1S/C21H21ClIN5O/c22-18-2-1-3-19(10-18)27-9-8-26(15-21(27)29)14-20-12-25-23-28(20)13-17-6-4-16(11-24)5-7-17/h1-7,10,12,21,29H,8-9,13-15H2. The normalized spacial score (nSPS) is 19.6. The highest BCUT2D eigenvalue weighted by Gasteiger charge is 2.27. The summed E-state index contributed by atoms with van der Waals surface area (Å²) in [5.41, 5.74) is 4.01. The minimum Gasteiger partial charge on any atom is -0.372 e. The highest BCUT2D eigenvalue weighted by atomic mass is 127. The Bertz CT molecular complexity index is 972. The van der Waals surface area contributed by atoms with Crippen molar-refractivity contribution in [3.63, 3.8) is 0 Å². The Labute approximate surface area is 186 Å². The molecule has 6 nitrogen and oxygen atoms in total. The van der Waals surface area contributed by atoms with E-state index in [4.69, 9.17) is 16.9 Å². The highest BCUT2D eigenvalue weighted by molar-refractivity contribution is 14.1. The van der Waals surface area contributed by atoms with Crippen molar-refractivity contribution in [2.45, 2.75) is 12.8 Å². The van der Waals surface area contributed by atoms with Crippen molar-refractivity contribution in [1.29, 1.82) is 5.26 Å². The summed E-state index contributed by atoms with van der Waals surface area (Å²) in [6.45, 7) is 3.77. The molecule has 0 aliphatic carbocycles. The topological polar surface area (TPSA) is 66.1 Å². The van der Waals surface area contributed by atoms with E-state index in [9.17, 15) is 5.11 Å². The van der Waals surface area contributed by atoms with Gasteiger partial charge in [-0.2, -0.15) is 5.26 Å². The number of hydrogen-bond acceptors (Lipinski definition) is 6. The number of anilines is 1. The van der Waals surface area contributed by atoms with E-state index in [0.717, 1.165) is 31.9 Å². The fourth-order valence-electron chi connectivity index (χ4n) is 3.48. The van der Waals surface area contributed by atoms with Crippen LogP contribution in [0.2, 0.25) is 5.02 Å². The van der Waals surface area contributed by atoms with Gasteiger partial charge in [-0.25, -0.2) is 3.15 Å². The number of piperazine rings is 1. The number of benzene rings is 2. The first-order valence-electron chi connectivity index (χ1n) is 9.35. The summed E-state index contributed by atoms with van der Waals surface area (Å²) in [6.07, 6.45) is 1.41. The molecule has 29 heavy (non-hydrogen) atoms. The summed E-state index contributed by atoms with van der Waals surface area (Å²) in [6, 6.07) is 17.5. The second kappa shape index (κ2) is 9.22. The average Bonchev–Trinajstić information content (AvgIpc) is 3.15. The van der Waals surface area contributed by atoms with E-state index in [1.54, 1.807) is 0 Å². The van der Waals surface area contributed by atoms with E-state index in [2.05, 4.69) is 17.2 Å². The predicted octanol–water partition coefficient (Wildman–Crippen LogP) is 4.08. The van der Waals surface area contributed by atoms with Crippen LogP contribution in [0.25, 0.3) is 0 Å². The lowest BCUT2D eigenvalue weighted by atomic mass is 10.1. The molecular weight excluding hydrogens is 501 g/mol. The van der Waals surface area contributed by atoms with Gasteiger partial charge in [-0.05, 0) is 35.9 Å². The van der Waals surface area contributed by atoms with Crippen molar-refractivity contribution in [3.8, 4) is 6.07 Å². The first-order chi connectivity index (χ1) is 14.1. The Morgan fingerprint density at radius 3 is 2.72 bits per heavy atom. The van der Waals surface area contributed by atoms with E-state index in [-0.39, 0.29) is 0 Å². The molecule has 1 atom stereocenters. The van der Waals surface area contributed by atoms with Crippen molar-refractivity contribution in [1.82, 2.24) is 8.01 Å². The lowest BCUT2D eigenvalue weighted by molar-refractivity contribution is 0.0850. The molecule has 2 aromatic carbocycles. The molecule has 1 N–H and O–H groups in total. The molecule has 0 aromatic heterocycles. The van der Waals surface area contributed by atoms with Gasteiger partial charge in [-0.1, -0.05) is 29.8 Å². The van der Waals surface area contributed by atoms with Crippen LogP contribution in [0.4, 0.5) is 5.69 Å². The molecule has 0 saturated carbocycles. The maximum Gasteiger partial charge on any atom is 0.139 e. The molecule has 2 aliphatic rings. The monoisotopic (exact) mass is 521 g/mol. The molecule has 1 saturated heterocycles. The van der Waals surface area contributed by atoms with Gasteiger partial charge in [-0.15, -0.1) is 0 Å². The summed E-state index contributed by atoms with van der Waals surface area (Å²) in [5.74, 6) is 0. The SMILES string of the molecule is N#Cc1ccc(CN2I=NC=C2CN2CCN(c3cccc(Cl)c3)C(O)C2)cc1. The van der Waals surface area contributed by atoms with Crippen LogP contribution in [0.5, 0.6) is 0 Å². The lowest BCUT2D eigenvalue weighted by Crippen LogP contribution is -2.53. The second-order valence-corrected chi connectivity index (χ2v) is 9.60. The quantitative estimate of drug-likeness (QED) is 0.475. The first-order valence-corrected chi connectivity index (χ1v) is 11.7. The zero-order chi connectivity index (χ0) is 20.2. The van der Waals surface area contributed by atoms with Gasteiger partial charge in [0.1, 0.15) is 27.5 Å². The van der Waals surface area contributed by atoms with E-state index < -0.39 is 27.5 Å².